The molecule has 0 spiro atoms. The molecule has 1 aromatic heterocycles. The van der Waals surface area contributed by atoms with Crippen molar-refractivity contribution in [2.75, 3.05) is 6.79 Å². The second-order valence-electron chi connectivity index (χ2n) is 5.73. The van der Waals surface area contributed by atoms with Gasteiger partial charge in [-0.25, -0.2) is 0 Å². The summed E-state index contributed by atoms with van der Waals surface area (Å²) < 4.78 is 11.9. The third kappa shape index (κ3) is 3.25. The number of fused-ring (bicyclic) bond motifs is 1. The van der Waals surface area contributed by atoms with Crippen LogP contribution in [0.1, 0.15) is 11.1 Å². The summed E-state index contributed by atoms with van der Waals surface area (Å²) in [6, 6.07) is 14.4. The molecule has 0 atom stereocenters. The van der Waals surface area contributed by atoms with E-state index in [-0.39, 0.29) is 12.4 Å². The quantitative estimate of drug-likeness (QED) is 0.666. The fraction of sp³-hybridized carbons (Fsp3) is 0.105. The van der Waals surface area contributed by atoms with E-state index in [4.69, 9.17) is 21.1 Å². The van der Waals surface area contributed by atoms with Crippen LogP contribution in [-0.2, 0) is 0 Å². The van der Waals surface area contributed by atoms with Crippen molar-refractivity contribution in [2.45, 2.75) is 16.8 Å². The van der Waals surface area contributed by atoms with Gasteiger partial charge in [-0.2, -0.15) is 15.0 Å². The van der Waals surface area contributed by atoms with Gasteiger partial charge in [0.1, 0.15) is 16.7 Å². The molecule has 0 bridgehead atoms. The lowest BCUT2D eigenvalue weighted by Gasteiger charge is -2.11. The van der Waals surface area contributed by atoms with Crippen molar-refractivity contribution < 1.29 is 9.47 Å². The first-order valence-corrected chi connectivity index (χ1v) is 9.14. The molecule has 3 aromatic rings. The first-order chi connectivity index (χ1) is 13.1. The van der Waals surface area contributed by atoms with Crippen LogP contribution in [-0.4, -0.2) is 16.6 Å². The van der Waals surface area contributed by atoms with E-state index >= 15 is 0 Å². The molecular formula is C19H12ClN3O3S. The summed E-state index contributed by atoms with van der Waals surface area (Å²) in [6.45, 7) is 1.85. The average molecular weight is 398 g/mol. The van der Waals surface area contributed by atoms with Crippen molar-refractivity contribution >= 4 is 23.4 Å². The Morgan fingerprint density at radius 1 is 1.19 bits per heavy atom. The molecule has 0 fully saturated rings. The molecule has 6 nitrogen and oxygen atoms in total. The standard InChI is InChI=1S/C19H12ClN3O3S/c1-11-15(9-21)19(24)23(13-4-7-16-17(8-13)26-10-25-16)22-18(11)27-14-5-2-12(20)3-6-14/h2-8H,10H2,1H3. The highest BCUT2D eigenvalue weighted by molar-refractivity contribution is 7.99. The minimum Gasteiger partial charge on any atom is -0.454 e. The van der Waals surface area contributed by atoms with Crippen LogP contribution in [0.5, 0.6) is 11.5 Å². The lowest BCUT2D eigenvalue weighted by molar-refractivity contribution is 0.174. The maximum Gasteiger partial charge on any atom is 0.289 e. The average Bonchev–Trinajstić information content (AvgIpc) is 3.14. The van der Waals surface area contributed by atoms with Crippen molar-refractivity contribution in [1.29, 1.82) is 5.26 Å². The van der Waals surface area contributed by atoms with Crippen molar-refractivity contribution in [1.82, 2.24) is 9.78 Å². The van der Waals surface area contributed by atoms with E-state index in [0.717, 1.165) is 4.90 Å². The molecule has 1 aliphatic rings. The van der Waals surface area contributed by atoms with Crippen molar-refractivity contribution in [3.05, 3.63) is 69.0 Å². The number of rotatable bonds is 3. The third-order valence-corrected chi connectivity index (χ3v) is 5.37. The normalized spacial score (nSPS) is 12.0. The van der Waals surface area contributed by atoms with E-state index in [1.165, 1.54) is 16.4 Å². The number of benzene rings is 2. The first-order valence-electron chi connectivity index (χ1n) is 7.94. The SMILES string of the molecule is Cc1c(Sc2ccc(Cl)cc2)nn(-c2ccc3c(c2)OCO3)c(=O)c1C#N. The molecule has 27 heavy (non-hydrogen) atoms. The Balaban J connectivity index is 1.83. The Kier molecular flexibility index (Phi) is 4.52. The second-order valence-corrected chi connectivity index (χ2v) is 7.23. The highest BCUT2D eigenvalue weighted by Gasteiger charge is 2.19. The lowest BCUT2D eigenvalue weighted by atomic mass is 10.2. The van der Waals surface area contributed by atoms with E-state index in [1.807, 2.05) is 18.2 Å². The maximum absolute atomic E-state index is 12.7. The minimum atomic E-state index is -0.477. The number of hydrogen-bond donors (Lipinski definition) is 0. The molecule has 4 rings (SSSR count). The summed E-state index contributed by atoms with van der Waals surface area (Å²) in [5, 5.41) is 15.2. The molecule has 0 saturated heterocycles. The zero-order chi connectivity index (χ0) is 19.0. The van der Waals surface area contributed by atoms with Gasteiger partial charge < -0.3 is 9.47 Å². The van der Waals surface area contributed by atoms with E-state index in [1.54, 1.807) is 37.3 Å². The van der Waals surface area contributed by atoms with Crippen LogP contribution in [0, 0.1) is 18.3 Å². The molecule has 2 heterocycles. The summed E-state index contributed by atoms with van der Waals surface area (Å²) in [7, 11) is 0. The number of aromatic nitrogens is 2. The Morgan fingerprint density at radius 3 is 2.67 bits per heavy atom. The molecule has 0 amide bonds. The van der Waals surface area contributed by atoms with Gasteiger partial charge in [0.15, 0.2) is 11.5 Å². The van der Waals surface area contributed by atoms with Crippen LogP contribution in [0.3, 0.4) is 0 Å². The number of nitrogens with zero attached hydrogens (tertiary/aromatic N) is 3. The van der Waals surface area contributed by atoms with Gasteiger partial charge in [-0.3, -0.25) is 4.79 Å². The predicted molar refractivity (Wildman–Crippen MR) is 101 cm³/mol. The third-order valence-electron chi connectivity index (χ3n) is 4.03. The molecule has 134 valence electrons. The molecule has 8 heteroatoms. The van der Waals surface area contributed by atoms with Gasteiger partial charge in [-0.05, 0) is 43.3 Å². The van der Waals surface area contributed by atoms with Crippen molar-refractivity contribution in [2.24, 2.45) is 0 Å². The fourth-order valence-corrected chi connectivity index (χ4v) is 3.62. The maximum atomic E-state index is 12.7. The largest absolute Gasteiger partial charge is 0.454 e. The topological polar surface area (TPSA) is 77.1 Å². The minimum absolute atomic E-state index is 0.0548. The van der Waals surface area contributed by atoms with E-state index < -0.39 is 5.56 Å². The Morgan fingerprint density at radius 2 is 1.93 bits per heavy atom. The number of nitriles is 1. The first kappa shape index (κ1) is 17.5. The highest BCUT2D eigenvalue weighted by Crippen LogP contribution is 2.34. The fourth-order valence-electron chi connectivity index (χ4n) is 2.62. The van der Waals surface area contributed by atoms with Crippen LogP contribution in [0.4, 0.5) is 0 Å². The molecule has 0 saturated carbocycles. The summed E-state index contributed by atoms with van der Waals surface area (Å²) in [5.74, 6) is 1.14. The highest BCUT2D eigenvalue weighted by atomic mass is 35.5. The van der Waals surface area contributed by atoms with Crippen LogP contribution in [0.15, 0.2) is 57.2 Å². The van der Waals surface area contributed by atoms with Gasteiger partial charge in [0.25, 0.3) is 5.56 Å². The molecule has 0 aliphatic carbocycles. The van der Waals surface area contributed by atoms with E-state index in [9.17, 15) is 10.1 Å². The molecule has 0 radical (unpaired) electrons. The van der Waals surface area contributed by atoms with Crippen LogP contribution >= 0.6 is 23.4 Å². The zero-order valence-electron chi connectivity index (χ0n) is 14.1. The van der Waals surface area contributed by atoms with Crippen molar-refractivity contribution in [3.63, 3.8) is 0 Å². The van der Waals surface area contributed by atoms with E-state index in [0.29, 0.717) is 32.8 Å². The number of ether oxygens (including phenoxy) is 2. The predicted octanol–water partition coefficient (Wildman–Crippen LogP) is 3.95. The van der Waals surface area contributed by atoms with Gasteiger partial charge >= 0.3 is 0 Å². The molecule has 2 aromatic carbocycles. The van der Waals surface area contributed by atoms with E-state index in [2.05, 4.69) is 5.10 Å². The zero-order valence-corrected chi connectivity index (χ0v) is 15.7. The molecule has 0 N–H and O–H groups in total. The summed E-state index contributed by atoms with van der Waals surface area (Å²) >= 11 is 7.29. The number of hydrogen-bond acceptors (Lipinski definition) is 6. The second kappa shape index (κ2) is 6.99. The summed E-state index contributed by atoms with van der Waals surface area (Å²) in [5.41, 5.74) is 0.617. The van der Waals surface area contributed by atoms with Gasteiger partial charge in [0, 0.05) is 21.5 Å². The monoisotopic (exact) mass is 397 g/mol. The lowest BCUT2D eigenvalue weighted by Crippen LogP contribution is -2.25. The summed E-state index contributed by atoms with van der Waals surface area (Å²) in [4.78, 5) is 13.6. The summed E-state index contributed by atoms with van der Waals surface area (Å²) in [6.07, 6.45) is 0. The van der Waals surface area contributed by atoms with Crippen LogP contribution in [0.25, 0.3) is 5.69 Å². The van der Waals surface area contributed by atoms with Crippen molar-refractivity contribution in [3.8, 4) is 23.3 Å². The Bertz CT molecular complexity index is 1140. The number of halogens is 1. The molecule has 0 unspecified atom stereocenters. The van der Waals surface area contributed by atoms with Crippen LogP contribution < -0.4 is 15.0 Å². The molecule has 1 aliphatic heterocycles. The molecular weight excluding hydrogens is 386 g/mol. The van der Waals surface area contributed by atoms with Gasteiger partial charge in [-0.1, -0.05) is 23.4 Å². The smallest absolute Gasteiger partial charge is 0.289 e. The van der Waals surface area contributed by atoms with Gasteiger partial charge in [0.2, 0.25) is 6.79 Å². The Hall–Kier alpha value is -2.95. The Labute approximate surface area is 163 Å². The van der Waals surface area contributed by atoms with Gasteiger partial charge in [-0.15, -0.1) is 0 Å². The van der Waals surface area contributed by atoms with Gasteiger partial charge in [0.05, 0.1) is 5.69 Å². The van der Waals surface area contributed by atoms with Crippen LogP contribution in [0.2, 0.25) is 5.02 Å².